The van der Waals surface area contributed by atoms with Gasteiger partial charge in [0.15, 0.2) is 0 Å². The summed E-state index contributed by atoms with van der Waals surface area (Å²) in [7, 11) is 0. The van der Waals surface area contributed by atoms with E-state index in [0.717, 1.165) is 18.4 Å². The van der Waals surface area contributed by atoms with Gasteiger partial charge in [-0.2, -0.15) is 0 Å². The number of nitrogens with one attached hydrogen (secondary N) is 1. The predicted molar refractivity (Wildman–Crippen MR) is 124 cm³/mol. The fourth-order valence-corrected chi connectivity index (χ4v) is 3.29. The van der Waals surface area contributed by atoms with Crippen LogP contribution in [0.2, 0.25) is 0 Å². The van der Waals surface area contributed by atoms with E-state index in [-0.39, 0.29) is 30.5 Å². The summed E-state index contributed by atoms with van der Waals surface area (Å²) in [6.07, 6.45) is 9.03. The van der Waals surface area contributed by atoms with Crippen molar-refractivity contribution in [3.63, 3.8) is 0 Å². The lowest BCUT2D eigenvalue weighted by Gasteiger charge is -2.27. The van der Waals surface area contributed by atoms with Crippen LogP contribution in [0.1, 0.15) is 57.6 Å². The largest absolute Gasteiger partial charge is 0.481 e. The molecule has 0 heterocycles. The highest BCUT2D eigenvalue weighted by molar-refractivity contribution is 6.17. The van der Waals surface area contributed by atoms with E-state index in [0.29, 0.717) is 23.2 Å². The molecule has 0 aliphatic carbocycles. The van der Waals surface area contributed by atoms with Crippen molar-refractivity contribution in [2.24, 2.45) is 5.92 Å². The molecule has 30 heavy (non-hydrogen) atoms. The van der Waals surface area contributed by atoms with Crippen LogP contribution in [-0.2, 0) is 9.59 Å². The molecule has 0 aromatic heterocycles. The number of aryl methyl sites for hydroxylation is 1. The lowest BCUT2D eigenvalue weighted by molar-refractivity contribution is -0.136. The summed E-state index contributed by atoms with van der Waals surface area (Å²) in [6.45, 7) is 11.7. The quantitative estimate of drug-likeness (QED) is 0.343. The summed E-state index contributed by atoms with van der Waals surface area (Å²) in [5.41, 5.74) is 3.07. The molecular weight excluding hydrogens is 376 g/mol. The smallest absolute Gasteiger partial charge is 0.305 e. The van der Waals surface area contributed by atoms with E-state index in [1.54, 1.807) is 12.2 Å². The number of aliphatic carboxylic acids is 1. The maximum atomic E-state index is 13.2. The number of carbonyl (C=O) groups excluding carboxylic acids is 1. The number of hydrogen-bond donors (Lipinski definition) is 2. The second kappa shape index (κ2) is 12.6. The van der Waals surface area contributed by atoms with Crippen molar-refractivity contribution >= 4 is 23.3 Å². The van der Waals surface area contributed by atoms with Crippen LogP contribution in [0.5, 0.6) is 0 Å². The van der Waals surface area contributed by atoms with Gasteiger partial charge in [0.2, 0.25) is 5.91 Å². The summed E-state index contributed by atoms with van der Waals surface area (Å²) in [5, 5.41) is 18.0. The molecule has 0 saturated carbocycles. The molecule has 1 aromatic carbocycles. The molecule has 5 heteroatoms. The average Bonchev–Trinajstić information content (AvgIpc) is 2.72. The first-order valence-electron chi connectivity index (χ1n) is 10.5. The monoisotopic (exact) mass is 410 g/mol. The number of nitrogens with zero attached hydrogens (tertiary/aromatic N) is 1. The minimum Gasteiger partial charge on any atom is -0.481 e. The molecule has 1 aromatic rings. The van der Waals surface area contributed by atoms with Crippen LogP contribution in [0.3, 0.4) is 0 Å². The van der Waals surface area contributed by atoms with Gasteiger partial charge in [0.25, 0.3) is 0 Å². The molecule has 0 atom stereocenters. The van der Waals surface area contributed by atoms with Gasteiger partial charge in [0.05, 0.1) is 17.8 Å². The first-order chi connectivity index (χ1) is 14.3. The third-order valence-electron chi connectivity index (χ3n) is 5.11. The highest BCUT2D eigenvalue weighted by Crippen LogP contribution is 2.27. The Morgan fingerprint density at radius 3 is 2.47 bits per heavy atom. The van der Waals surface area contributed by atoms with Gasteiger partial charge in [0, 0.05) is 18.5 Å². The highest BCUT2D eigenvalue weighted by Gasteiger charge is 2.24. The number of carbonyl (C=O) groups is 2. The fourth-order valence-electron chi connectivity index (χ4n) is 3.29. The Labute approximate surface area is 180 Å². The number of benzene rings is 1. The minimum atomic E-state index is -0.958. The maximum Gasteiger partial charge on any atom is 0.305 e. The average molecular weight is 411 g/mol. The molecule has 0 aliphatic rings. The first-order valence-corrected chi connectivity index (χ1v) is 10.5. The zero-order valence-corrected chi connectivity index (χ0v) is 18.6. The number of amides is 1. The maximum absolute atomic E-state index is 13.2. The van der Waals surface area contributed by atoms with Gasteiger partial charge >= 0.3 is 5.97 Å². The molecule has 0 fully saturated rings. The zero-order chi connectivity index (χ0) is 22.7. The van der Waals surface area contributed by atoms with Crippen LogP contribution in [0, 0.1) is 18.3 Å². The first kappa shape index (κ1) is 25.1. The van der Waals surface area contributed by atoms with E-state index >= 15 is 0 Å². The molecule has 5 nitrogen and oxygen atoms in total. The van der Waals surface area contributed by atoms with Crippen LogP contribution in [0.15, 0.2) is 54.7 Å². The zero-order valence-electron chi connectivity index (χ0n) is 18.6. The normalized spacial score (nSPS) is 11.7. The van der Waals surface area contributed by atoms with Crippen LogP contribution in [-0.4, -0.2) is 29.2 Å². The molecule has 0 spiro atoms. The number of carboxylic acid groups (broad SMARTS) is 1. The third-order valence-corrected chi connectivity index (χ3v) is 5.11. The minimum absolute atomic E-state index is 0.0712. The van der Waals surface area contributed by atoms with Crippen molar-refractivity contribution in [2.75, 3.05) is 11.4 Å². The Hall–Kier alpha value is -2.95. The van der Waals surface area contributed by atoms with Gasteiger partial charge in [-0.3, -0.25) is 15.0 Å². The summed E-state index contributed by atoms with van der Waals surface area (Å²) in [5.74, 6) is -0.819. The Morgan fingerprint density at radius 2 is 1.93 bits per heavy atom. The second-order valence-electron chi connectivity index (χ2n) is 7.33. The van der Waals surface area contributed by atoms with Crippen LogP contribution < -0.4 is 4.90 Å². The van der Waals surface area contributed by atoms with E-state index in [1.807, 2.05) is 44.2 Å². The molecule has 162 valence electrons. The summed E-state index contributed by atoms with van der Waals surface area (Å²) < 4.78 is 0. The van der Waals surface area contributed by atoms with Crippen molar-refractivity contribution in [1.29, 1.82) is 5.41 Å². The van der Waals surface area contributed by atoms with Crippen LogP contribution in [0.25, 0.3) is 0 Å². The van der Waals surface area contributed by atoms with E-state index in [9.17, 15) is 14.7 Å². The molecule has 1 rings (SSSR count). The highest BCUT2D eigenvalue weighted by atomic mass is 16.4. The Morgan fingerprint density at radius 1 is 1.27 bits per heavy atom. The summed E-state index contributed by atoms with van der Waals surface area (Å²) >= 11 is 0. The molecular formula is C25H34N2O3. The number of rotatable bonds is 12. The Kier molecular flexibility index (Phi) is 10.5. The topological polar surface area (TPSA) is 81.5 Å². The van der Waals surface area contributed by atoms with Gasteiger partial charge < -0.3 is 10.0 Å². The van der Waals surface area contributed by atoms with E-state index in [4.69, 9.17) is 5.41 Å². The SMILES string of the molecule is C=C/C=C(\C=C/C)C(=N)c1cc(C)ccc1N(CCC(=O)O)C(=O)CC(CC)CC. The van der Waals surface area contributed by atoms with Crippen molar-refractivity contribution in [3.8, 4) is 0 Å². The van der Waals surface area contributed by atoms with Gasteiger partial charge in [-0.05, 0) is 37.5 Å². The van der Waals surface area contributed by atoms with Crippen molar-refractivity contribution in [3.05, 3.63) is 65.8 Å². The van der Waals surface area contributed by atoms with Gasteiger partial charge in [-0.1, -0.05) is 69.2 Å². The van der Waals surface area contributed by atoms with Crippen LogP contribution in [0.4, 0.5) is 5.69 Å². The summed E-state index contributed by atoms with van der Waals surface area (Å²) in [4.78, 5) is 26.0. The number of allylic oxidation sites excluding steroid dienone is 5. The molecule has 0 unspecified atom stereocenters. The molecule has 0 saturated heterocycles. The van der Waals surface area contributed by atoms with Crippen LogP contribution >= 0.6 is 0 Å². The van der Waals surface area contributed by atoms with E-state index in [1.165, 1.54) is 4.90 Å². The van der Waals surface area contributed by atoms with Crippen molar-refractivity contribution in [1.82, 2.24) is 0 Å². The fraction of sp³-hybridized carbons (Fsp3) is 0.400. The Balaban J connectivity index is 3.50. The number of carboxylic acids is 1. The molecule has 0 bridgehead atoms. The summed E-state index contributed by atoms with van der Waals surface area (Å²) in [6, 6.07) is 5.57. The van der Waals surface area contributed by atoms with Gasteiger partial charge in [-0.15, -0.1) is 0 Å². The van der Waals surface area contributed by atoms with E-state index < -0.39 is 5.97 Å². The third kappa shape index (κ3) is 7.14. The molecule has 2 N–H and O–H groups in total. The number of anilines is 1. The van der Waals surface area contributed by atoms with E-state index in [2.05, 4.69) is 20.4 Å². The van der Waals surface area contributed by atoms with Crippen molar-refractivity contribution in [2.45, 2.75) is 53.4 Å². The van der Waals surface area contributed by atoms with Gasteiger partial charge in [-0.25, -0.2) is 0 Å². The predicted octanol–water partition coefficient (Wildman–Crippen LogP) is 5.69. The van der Waals surface area contributed by atoms with Gasteiger partial charge in [0.1, 0.15) is 0 Å². The standard InChI is InChI=1S/C25H34N2O3/c1-6-10-20(11-7-2)25(26)21-16-18(5)12-13-22(21)27(15-14-24(29)30)23(28)17-19(8-3)9-4/h6-7,10-13,16,19,26H,1,8-9,14-15,17H2,2-5H3,(H,29,30)/b11-7-,20-10+,26-25?. The molecule has 0 aliphatic heterocycles. The molecule has 1 amide bonds. The lowest BCUT2D eigenvalue weighted by Crippen LogP contribution is -2.35. The lowest BCUT2D eigenvalue weighted by atomic mass is 9.95. The second-order valence-corrected chi connectivity index (χ2v) is 7.33. The number of hydrogen-bond acceptors (Lipinski definition) is 3. The Bertz CT molecular complexity index is 833. The van der Waals surface area contributed by atoms with Crippen molar-refractivity contribution < 1.29 is 14.7 Å². The molecule has 0 radical (unpaired) electrons.